The van der Waals surface area contributed by atoms with E-state index in [0.29, 0.717) is 37.1 Å². The Balaban J connectivity index is 1.36. The monoisotopic (exact) mass is 520 g/mol. The van der Waals surface area contributed by atoms with Gasteiger partial charge in [-0.05, 0) is 63.9 Å². The molecule has 0 radical (unpaired) electrons. The van der Waals surface area contributed by atoms with E-state index in [1.165, 1.54) is 53.4 Å². The number of ether oxygens (including phenoxy) is 1. The minimum Gasteiger partial charge on any atom is -0.482 e. The predicted molar refractivity (Wildman–Crippen MR) is 139 cm³/mol. The van der Waals surface area contributed by atoms with E-state index in [9.17, 15) is 18.0 Å². The maximum absolute atomic E-state index is 13.3. The molecular weight excluding hydrogens is 480 g/mol. The lowest BCUT2D eigenvalue weighted by atomic mass is 9.94. The normalized spacial score (nSPS) is 20.1. The Kier molecular flexibility index (Phi) is 9.25. The third-order valence-corrected chi connectivity index (χ3v) is 9.48. The fourth-order valence-electron chi connectivity index (χ4n) is 5.41. The van der Waals surface area contributed by atoms with E-state index in [-0.39, 0.29) is 29.9 Å². The number of amides is 2. The molecule has 200 valence electrons. The Morgan fingerprint density at radius 1 is 1.08 bits per heavy atom. The van der Waals surface area contributed by atoms with Crippen molar-refractivity contribution in [2.24, 2.45) is 0 Å². The lowest BCUT2D eigenvalue weighted by Crippen LogP contribution is -2.45. The summed E-state index contributed by atoms with van der Waals surface area (Å²) in [5.74, 6) is -0.220. The highest BCUT2D eigenvalue weighted by atomic mass is 32.2. The van der Waals surface area contributed by atoms with E-state index in [1.807, 2.05) is 0 Å². The lowest BCUT2D eigenvalue weighted by Gasteiger charge is -2.31. The second-order valence-electron chi connectivity index (χ2n) is 10.2. The third-order valence-electron chi connectivity index (χ3n) is 7.59. The number of sulfonamides is 1. The zero-order valence-electron chi connectivity index (χ0n) is 21.4. The number of hydrogen-bond acceptors (Lipinski definition) is 6. The van der Waals surface area contributed by atoms with Crippen LogP contribution in [0.2, 0.25) is 0 Å². The minimum atomic E-state index is -3.69. The summed E-state index contributed by atoms with van der Waals surface area (Å²) in [5, 5.41) is 2.92. The molecule has 36 heavy (non-hydrogen) atoms. The fraction of sp³-hybridized carbons (Fsp3) is 0.692. The van der Waals surface area contributed by atoms with Crippen molar-refractivity contribution in [2.75, 3.05) is 51.3 Å². The van der Waals surface area contributed by atoms with Crippen molar-refractivity contribution in [3.8, 4) is 5.75 Å². The van der Waals surface area contributed by atoms with Crippen LogP contribution in [0.1, 0.15) is 64.2 Å². The quantitative estimate of drug-likeness (QED) is 0.503. The van der Waals surface area contributed by atoms with Gasteiger partial charge in [0, 0.05) is 25.7 Å². The third kappa shape index (κ3) is 6.58. The van der Waals surface area contributed by atoms with E-state index < -0.39 is 10.0 Å². The van der Waals surface area contributed by atoms with Crippen LogP contribution in [0.5, 0.6) is 5.75 Å². The summed E-state index contributed by atoms with van der Waals surface area (Å²) in [4.78, 5) is 29.2. The van der Waals surface area contributed by atoms with E-state index >= 15 is 0 Å². The number of rotatable bonds is 9. The van der Waals surface area contributed by atoms with Crippen molar-refractivity contribution in [3.05, 3.63) is 18.2 Å². The highest BCUT2D eigenvalue weighted by Crippen LogP contribution is 2.35. The summed E-state index contributed by atoms with van der Waals surface area (Å²) in [5.41, 5.74) is 0.328. The summed E-state index contributed by atoms with van der Waals surface area (Å²) >= 11 is 0. The Labute approximate surface area is 215 Å². The molecule has 0 spiro atoms. The first-order valence-electron chi connectivity index (χ1n) is 13.4. The van der Waals surface area contributed by atoms with E-state index in [4.69, 9.17) is 4.74 Å². The van der Waals surface area contributed by atoms with Gasteiger partial charge in [0.25, 0.3) is 5.91 Å². The van der Waals surface area contributed by atoms with Gasteiger partial charge in [0.1, 0.15) is 12.3 Å². The molecule has 1 aromatic rings. The summed E-state index contributed by atoms with van der Waals surface area (Å²) in [6, 6.07) is 5.21. The maximum Gasteiger partial charge on any atom is 0.265 e. The van der Waals surface area contributed by atoms with E-state index in [2.05, 4.69) is 17.3 Å². The Morgan fingerprint density at radius 2 is 1.78 bits per heavy atom. The number of nitrogens with one attached hydrogen (secondary N) is 1. The SMILES string of the molecule is CN(CCCNC(=O)CN1C(=O)COc2ccc(S(=O)(=O)N3CCCCCC3)cc21)C1CCCCC1. The van der Waals surface area contributed by atoms with Crippen LogP contribution in [0.15, 0.2) is 23.1 Å². The van der Waals surface area contributed by atoms with Crippen molar-refractivity contribution >= 4 is 27.5 Å². The predicted octanol–water partition coefficient (Wildman–Crippen LogP) is 2.75. The maximum atomic E-state index is 13.3. The van der Waals surface area contributed by atoms with Crippen LogP contribution in [0.3, 0.4) is 0 Å². The molecule has 9 nitrogen and oxygen atoms in total. The van der Waals surface area contributed by atoms with Gasteiger partial charge in [-0.15, -0.1) is 0 Å². The molecule has 10 heteroatoms. The topological polar surface area (TPSA) is 99.3 Å². The molecule has 0 bridgehead atoms. The number of carbonyl (C=O) groups is 2. The first kappa shape index (κ1) is 26.9. The van der Waals surface area contributed by atoms with Gasteiger partial charge in [-0.2, -0.15) is 4.31 Å². The van der Waals surface area contributed by atoms with Crippen LogP contribution >= 0.6 is 0 Å². The largest absolute Gasteiger partial charge is 0.482 e. The molecule has 3 aliphatic rings. The number of nitrogens with zero attached hydrogens (tertiary/aromatic N) is 3. The number of hydrogen-bond donors (Lipinski definition) is 1. The molecule has 1 saturated carbocycles. The molecule has 1 saturated heterocycles. The first-order valence-corrected chi connectivity index (χ1v) is 14.8. The lowest BCUT2D eigenvalue weighted by molar-refractivity contribution is -0.125. The highest BCUT2D eigenvalue weighted by Gasteiger charge is 2.31. The van der Waals surface area contributed by atoms with Gasteiger partial charge in [0.05, 0.1) is 10.6 Å². The molecule has 1 N–H and O–H groups in total. The van der Waals surface area contributed by atoms with Crippen molar-refractivity contribution < 1.29 is 22.7 Å². The van der Waals surface area contributed by atoms with Gasteiger partial charge in [0.2, 0.25) is 15.9 Å². The molecular formula is C26H40N4O5S. The molecule has 0 unspecified atom stereocenters. The zero-order valence-corrected chi connectivity index (χ0v) is 22.2. The summed E-state index contributed by atoms with van der Waals surface area (Å²) < 4.78 is 33.6. The van der Waals surface area contributed by atoms with Crippen molar-refractivity contribution in [2.45, 2.75) is 75.1 Å². The standard InChI is InChI=1S/C26H40N4O5S/c1-28(21-10-5-4-6-11-21)15-9-14-27-25(31)19-30-23-18-22(12-13-24(23)35-20-26(30)32)36(33,34)29-16-7-2-3-8-17-29/h12-13,18,21H,2-11,14-17,19-20H2,1H3,(H,27,31). The summed E-state index contributed by atoms with van der Waals surface area (Å²) in [6.45, 7) is 2.10. The molecule has 2 amide bonds. The second kappa shape index (κ2) is 12.4. The molecule has 4 rings (SSSR count). The molecule has 2 heterocycles. The first-order chi connectivity index (χ1) is 17.4. The second-order valence-corrected chi connectivity index (χ2v) is 12.1. The molecule has 2 aliphatic heterocycles. The molecule has 1 aliphatic carbocycles. The highest BCUT2D eigenvalue weighted by molar-refractivity contribution is 7.89. The smallest absolute Gasteiger partial charge is 0.265 e. The average molecular weight is 521 g/mol. The van der Waals surface area contributed by atoms with E-state index in [0.717, 1.165) is 38.6 Å². The molecule has 0 atom stereocenters. The minimum absolute atomic E-state index is 0.123. The van der Waals surface area contributed by atoms with Crippen molar-refractivity contribution in [3.63, 3.8) is 0 Å². The van der Waals surface area contributed by atoms with Crippen LogP contribution in [-0.4, -0.2) is 81.9 Å². The van der Waals surface area contributed by atoms with Gasteiger partial charge in [-0.1, -0.05) is 32.1 Å². The van der Waals surface area contributed by atoms with Crippen molar-refractivity contribution in [1.82, 2.24) is 14.5 Å². The molecule has 2 fully saturated rings. The van der Waals surface area contributed by atoms with Crippen LogP contribution in [-0.2, 0) is 19.6 Å². The van der Waals surface area contributed by atoms with Crippen LogP contribution < -0.4 is 15.0 Å². The van der Waals surface area contributed by atoms with Gasteiger partial charge >= 0.3 is 0 Å². The number of carbonyl (C=O) groups excluding carboxylic acids is 2. The van der Waals surface area contributed by atoms with Gasteiger partial charge in [-0.3, -0.25) is 14.5 Å². The number of fused-ring (bicyclic) bond motifs is 1. The zero-order chi connectivity index (χ0) is 25.5. The fourth-order valence-corrected chi connectivity index (χ4v) is 6.94. The van der Waals surface area contributed by atoms with Gasteiger partial charge in [-0.25, -0.2) is 8.42 Å². The average Bonchev–Trinajstić information content (AvgIpc) is 3.19. The van der Waals surface area contributed by atoms with Crippen LogP contribution in [0.25, 0.3) is 0 Å². The Morgan fingerprint density at radius 3 is 2.50 bits per heavy atom. The van der Waals surface area contributed by atoms with E-state index in [1.54, 1.807) is 6.07 Å². The number of anilines is 1. The Bertz CT molecular complexity index is 1020. The molecule has 0 aromatic heterocycles. The van der Waals surface area contributed by atoms with Gasteiger partial charge < -0.3 is 15.0 Å². The number of benzene rings is 1. The summed E-state index contributed by atoms with van der Waals surface area (Å²) in [6.07, 6.45) is 11.0. The Hall–Kier alpha value is -2.17. The molecule has 1 aromatic carbocycles. The van der Waals surface area contributed by atoms with Crippen LogP contribution in [0, 0.1) is 0 Å². The summed E-state index contributed by atoms with van der Waals surface area (Å²) in [7, 11) is -1.54. The van der Waals surface area contributed by atoms with Gasteiger partial charge in [0.15, 0.2) is 6.61 Å². The van der Waals surface area contributed by atoms with Crippen LogP contribution in [0.4, 0.5) is 5.69 Å². The van der Waals surface area contributed by atoms with Crippen molar-refractivity contribution in [1.29, 1.82) is 0 Å².